The van der Waals surface area contributed by atoms with Crippen LogP contribution in [-0.2, 0) is 0 Å². The van der Waals surface area contributed by atoms with Crippen molar-refractivity contribution in [3.8, 4) is 6.07 Å². The lowest BCUT2D eigenvalue weighted by atomic mass is 9.95. The molecule has 2 aromatic carbocycles. The topological polar surface area (TPSA) is 87.8 Å². The molecule has 1 saturated carbocycles. The van der Waals surface area contributed by atoms with E-state index >= 15 is 0 Å². The van der Waals surface area contributed by atoms with Crippen LogP contribution in [0.2, 0.25) is 0 Å². The SMILES string of the molecule is Cc1cc(C)cc(NC(=O)c2ccc3c(=O)n(C4CCCCC4)c(SCC#N)nc3c2)c1. The number of hydrogen-bond donors (Lipinski definition) is 1. The van der Waals surface area contributed by atoms with Gasteiger partial charge in [-0.3, -0.25) is 14.2 Å². The molecule has 1 fully saturated rings. The number of aryl methyl sites for hydroxylation is 2. The molecule has 0 spiro atoms. The third-order valence-electron chi connectivity index (χ3n) is 5.82. The van der Waals surface area contributed by atoms with Gasteiger partial charge in [-0.25, -0.2) is 4.98 Å². The molecule has 0 radical (unpaired) electrons. The molecule has 0 bridgehead atoms. The van der Waals surface area contributed by atoms with E-state index in [9.17, 15) is 9.59 Å². The number of rotatable bonds is 5. The maximum absolute atomic E-state index is 13.4. The summed E-state index contributed by atoms with van der Waals surface area (Å²) in [5.41, 5.74) is 3.71. The summed E-state index contributed by atoms with van der Waals surface area (Å²) in [6.07, 6.45) is 5.27. The van der Waals surface area contributed by atoms with Crippen molar-refractivity contribution in [1.29, 1.82) is 5.26 Å². The third-order valence-corrected chi connectivity index (χ3v) is 6.64. The molecule has 164 valence electrons. The Morgan fingerprint density at radius 1 is 1.16 bits per heavy atom. The van der Waals surface area contributed by atoms with Gasteiger partial charge >= 0.3 is 0 Å². The minimum atomic E-state index is -0.249. The minimum Gasteiger partial charge on any atom is -0.322 e. The number of nitriles is 1. The van der Waals surface area contributed by atoms with Gasteiger partial charge in [-0.1, -0.05) is 37.1 Å². The zero-order chi connectivity index (χ0) is 22.7. The van der Waals surface area contributed by atoms with Gasteiger partial charge in [0, 0.05) is 17.3 Å². The Kier molecular flexibility index (Phi) is 6.61. The minimum absolute atomic E-state index is 0.0939. The Morgan fingerprint density at radius 3 is 2.56 bits per heavy atom. The van der Waals surface area contributed by atoms with Crippen LogP contribution in [0.5, 0.6) is 0 Å². The fraction of sp³-hybridized carbons (Fsp3) is 0.360. The highest BCUT2D eigenvalue weighted by molar-refractivity contribution is 7.99. The number of amides is 1. The first-order valence-corrected chi connectivity index (χ1v) is 11.9. The summed E-state index contributed by atoms with van der Waals surface area (Å²) in [7, 11) is 0. The lowest BCUT2D eigenvalue weighted by molar-refractivity contribution is 0.102. The van der Waals surface area contributed by atoms with Crippen molar-refractivity contribution in [2.24, 2.45) is 0 Å². The Bertz CT molecular complexity index is 1250. The monoisotopic (exact) mass is 446 g/mol. The van der Waals surface area contributed by atoms with Crippen LogP contribution in [0.15, 0.2) is 46.3 Å². The summed E-state index contributed by atoms with van der Waals surface area (Å²) < 4.78 is 1.78. The van der Waals surface area contributed by atoms with E-state index in [1.54, 1.807) is 22.8 Å². The van der Waals surface area contributed by atoms with E-state index in [4.69, 9.17) is 10.2 Å². The van der Waals surface area contributed by atoms with Crippen LogP contribution in [0.1, 0.15) is 59.6 Å². The fourth-order valence-corrected chi connectivity index (χ4v) is 5.16. The number of hydrogen-bond acceptors (Lipinski definition) is 5. The number of carbonyl (C=O) groups is 1. The molecule has 3 aromatic rings. The molecule has 1 amide bonds. The maximum atomic E-state index is 13.4. The Labute approximate surface area is 191 Å². The molecule has 1 N–H and O–H groups in total. The van der Waals surface area contributed by atoms with Crippen molar-refractivity contribution in [2.45, 2.75) is 57.1 Å². The Balaban J connectivity index is 1.72. The van der Waals surface area contributed by atoms with Gasteiger partial charge in [0.25, 0.3) is 11.5 Å². The van der Waals surface area contributed by atoms with Gasteiger partial charge in [-0.05, 0) is 68.1 Å². The lowest BCUT2D eigenvalue weighted by Crippen LogP contribution is -2.29. The number of fused-ring (bicyclic) bond motifs is 1. The molecule has 0 unspecified atom stereocenters. The Hall–Kier alpha value is -3.11. The van der Waals surface area contributed by atoms with Crippen molar-refractivity contribution < 1.29 is 4.79 Å². The first-order chi connectivity index (χ1) is 15.5. The average Bonchev–Trinajstić information content (AvgIpc) is 2.77. The molecule has 1 heterocycles. The number of nitrogens with zero attached hydrogens (tertiary/aromatic N) is 3. The molecule has 1 aliphatic rings. The molecular weight excluding hydrogens is 420 g/mol. The van der Waals surface area contributed by atoms with Gasteiger partial charge in [0.2, 0.25) is 0 Å². The van der Waals surface area contributed by atoms with Crippen LogP contribution in [-0.4, -0.2) is 21.2 Å². The molecule has 0 saturated heterocycles. The number of thioether (sulfide) groups is 1. The van der Waals surface area contributed by atoms with Crippen LogP contribution >= 0.6 is 11.8 Å². The van der Waals surface area contributed by atoms with E-state index in [1.165, 1.54) is 18.2 Å². The number of anilines is 1. The summed E-state index contributed by atoms with van der Waals surface area (Å²) in [4.78, 5) is 31.0. The zero-order valence-electron chi connectivity index (χ0n) is 18.4. The zero-order valence-corrected chi connectivity index (χ0v) is 19.2. The highest BCUT2D eigenvalue weighted by Crippen LogP contribution is 2.31. The predicted octanol–water partition coefficient (Wildman–Crippen LogP) is 5.39. The van der Waals surface area contributed by atoms with E-state index in [1.807, 2.05) is 32.0 Å². The van der Waals surface area contributed by atoms with Crippen molar-refractivity contribution in [2.75, 3.05) is 11.1 Å². The second kappa shape index (κ2) is 9.58. The second-order valence-corrected chi connectivity index (χ2v) is 9.31. The van der Waals surface area contributed by atoms with Gasteiger partial charge in [0.15, 0.2) is 5.16 Å². The van der Waals surface area contributed by atoms with Crippen LogP contribution in [0.3, 0.4) is 0 Å². The third kappa shape index (κ3) is 4.71. The quantitative estimate of drug-likeness (QED) is 0.419. The van der Waals surface area contributed by atoms with Crippen molar-refractivity contribution in [3.05, 3.63) is 63.4 Å². The van der Waals surface area contributed by atoms with E-state index in [2.05, 4.69) is 11.4 Å². The molecule has 1 aromatic heterocycles. The van der Waals surface area contributed by atoms with Crippen molar-refractivity contribution >= 4 is 34.3 Å². The van der Waals surface area contributed by atoms with Gasteiger partial charge < -0.3 is 5.32 Å². The normalized spacial score (nSPS) is 14.3. The standard InChI is InChI=1S/C25H26N4O2S/c1-16-12-17(2)14-19(13-16)27-23(30)18-8-9-21-22(15-18)28-25(32-11-10-26)29(24(21)31)20-6-4-3-5-7-20/h8-9,12-15,20H,3-7,11H2,1-2H3,(H,27,30). The highest BCUT2D eigenvalue weighted by Gasteiger charge is 2.22. The molecule has 6 nitrogen and oxygen atoms in total. The smallest absolute Gasteiger partial charge is 0.262 e. The van der Waals surface area contributed by atoms with E-state index in [-0.39, 0.29) is 23.3 Å². The van der Waals surface area contributed by atoms with E-state index < -0.39 is 0 Å². The molecule has 0 atom stereocenters. The van der Waals surface area contributed by atoms with Crippen LogP contribution in [0.4, 0.5) is 5.69 Å². The summed E-state index contributed by atoms with van der Waals surface area (Å²) in [5, 5.41) is 13.1. The lowest BCUT2D eigenvalue weighted by Gasteiger charge is -2.26. The van der Waals surface area contributed by atoms with Crippen LogP contribution < -0.4 is 10.9 Å². The predicted molar refractivity (Wildman–Crippen MR) is 128 cm³/mol. The Morgan fingerprint density at radius 2 is 1.88 bits per heavy atom. The van der Waals surface area contributed by atoms with Gasteiger partial charge in [0.1, 0.15) is 0 Å². The molecule has 4 rings (SSSR count). The first-order valence-electron chi connectivity index (χ1n) is 10.9. The van der Waals surface area contributed by atoms with Gasteiger partial charge in [-0.2, -0.15) is 5.26 Å². The van der Waals surface area contributed by atoms with Crippen LogP contribution in [0, 0.1) is 25.2 Å². The number of carbonyl (C=O) groups excluding carboxylic acids is 1. The van der Waals surface area contributed by atoms with Gasteiger partial charge in [-0.15, -0.1) is 0 Å². The largest absolute Gasteiger partial charge is 0.322 e. The average molecular weight is 447 g/mol. The van der Waals surface area contributed by atoms with E-state index in [0.717, 1.165) is 42.5 Å². The molecule has 1 aliphatic carbocycles. The van der Waals surface area contributed by atoms with Crippen molar-refractivity contribution in [1.82, 2.24) is 9.55 Å². The summed E-state index contributed by atoms with van der Waals surface area (Å²) in [5.74, 6) is -0.0289. The number of benzene rings is 2. The first kappa shape index (κ1) is 22.1. The molecule has 0 aliphatic heterocycles. The summed E-state index contributed by atoms with van der Waals surface area (Å²) in [6.45, 7) is 3.97. The number of aromatic nitrogens is 2. The number of nitrogens with one attached hydrogen (secondary N) is 1. The molecular formula is C25H26N4O2S. The maximum Gasteiger partial charge on any atom is 0.262 e. The summed E-state index contributed by atoms with van der Waals surface area (Å²) in [6, 6.07) is 13.2. The van der Waals surface area contributed by atoms with E-state index in [0.29, 0.717) is 21.6 Å². The summed E-state index contributed by atoms with van der Waals surface area (Å²) >= 11 is 1.28. The molecule has 7 heteroatoms. The fourth-order valence-electron chi connectivity index (χ4n) is 4.43. The highest BCUT2D eigenvalue weighted by atomic mass is 32.2. The van der Waals surface area contributed by atoms with Crippen LogP contribution in [0.25, 0.3) is 10.9 Å². The molecule has 32 heavy (non-hydrogen) atoms. The van der Waals surface area contributed by atoms with Crippen molar-refractivity contribution in [3.63, 3.8) is 0 Å². The van der Waals surface area contributed by atoms with Gasteiger partial charge in [0.05, 0.1) is 22.7 Å². The second-order valence-electron chi connectivity index (χ2n) is 8.37.